The number of carbonyl (C=O) groups is 3. The number of hydrogen-bond donors (Lipinski definition) is 0. The monoisotopic (exact) mass is 405 g/mol. The number of ether oxygens (including phenoxy) is 1. The van der Waals surface area contributed by atoms with Gasteiger partial charge in [-0.15, -0.1) is 0 Å². The number of hydrogen-bond acceptors (Lipinski definition) is 7. The molecular weight excluding hydrogens is 390 g/mol. The summed E-state index contributed by atoms with van der Waals surface area (Å²) in [7, 11) is 1.23. The van der Waals surface area contributed by atoms with Crippen molar-refractivity contribution in [2.75, 3.05) is 7.11 Å². The Hall–Kier alpha value is -4.14. The molecule has 9 nitrogen and oxygen atoms in total. The molecule has 2 heterocycles. The van der Waals surface area contributed by atoms with Crippen molar-refractivity contribution in [3.05, 3.63) is 80.5 Å². The second-order valence-electron chi connectivity index (χ2n) is 6.72. The zero-order chi connectivity index (χ0) is 21.6. The lowest BCUT2D eigenvalue weighted by Crippen LogP contribution is -2.31. The highest BCUT2D eigenvalue weighted by molar-refractivity contribution is 6.23. The minimum atomic E-state index is -0.800. The number of pyridine rings is 1. The summed E-state index contributed by atoms with van der Waals surface area (Å²) in [5.74, 6) is -2.13. The fraction of sp³-hybridized carbons (Fsp3) is 0.143. The van der Waals surface area contributed by atoms with Crippen molar-refractivity contribution in [3.8, 4) is 0 Å². The molecule has 1 aliphatic rings. The predicted octanol–water partition coefficient (Wildman–Crippen LogP) is 3.03. The molecule has 30 heavy (non-hydrogen) atoms. The smallest absolute Gasteiger partial charge is 0.340 e. The van der Waals surface area contributed by atoms with E-state index >= 15 is 0 Å². The van der Waals surface area contributed by atoms with Crippen molar-refractivity contribution in [2.45, 2.75) is 13.5 Å². The molecule has 0 bridgehead atoms. The van der Waals surface area contributed by atoms with E-state index in [9.17, 15) is 24.5 Å². The molecule has 1 aromatic heterocycles. The topological polar surface area (TPSA) is 120 Å². The number of nitro groups is 1. The van der Waals surface area contributed by atoms with Crippen molar-refractivity contribution in [1.82, 2.24) is 9.88 Å². The van der Waals surface area contributed by atoms with Crippen LogP contribution < -0.4 is 0 Å². The number of fused-ring (bicyclic) bond motifs is 2. The number of methoxy groups -OCH3 is 1. The molecule has 4 rings (SSSR count). The molecule has 0 N–H and O–H groups in total. The Balaban J connectivity index is 1.84. The van der Waals surface area contributed by atoms with Gasteiger partial charge < -0.3 is 4.74 Å². The molecule has 0 saturated carbocycles. The van der Waals surface area contributed by atoms with Gasteiger partial charge in [0.05, 0.1) is 40.9 Å². The van der Waals surface area contributed by atoms with Crippen LogP contribution in [0.15, 0.2) is 42.5 Å². The van der Waals surface area contributed by atoms with Crippen molar-refractivity contribution < 1.29 is 24.0 Å². The van der Waals surface area contributed by atoms with Crippen LogP contribution in [0.5, 0.6) is 0 Å². The number of para-hydroxylation sites is 1. The first-order chi connectivity index (χ1) is 14.3. The third-order valence-electron chi connectivity index (χ3n) is 5.10. The molecule has 9 heteroatoms. The van der Waals surface area contributed by atoms with Crippen LogP contribution >= 0.6 is 0 Å². The fourth-order valence-electron chi connectivity index (χ4n) is 3.69. The standard InChI is InChI=1S/C21H15N3O6/c1-11-12-6-3-4-8-14(12)22-15(17(11)21(27)30-2)10-23-19(25)13-7-5-9-16(24(28)29)18(13)20(23)26/h3-9H,10H2,1-2H3. The molecule has 0 unspecified atom stereocenters. The predicted molar refractivity (Wildman–Crippen MR) is 105 cm³/mol. The van der Waals surface area contributed by atoms with Gasteiger partial charge in [0.25, 0.3) is 17.5 Å². The highest BCUT2D eigenvalue weighted by Crippen LogP contribution is 2.33. The van der Waals surface area contributed by atoms with Crippen LogP contribution in [0.25, 0.3) is 10.9 Å². The van der Waals surface area contributed by atoms with E-state index in [0.717, 1.165) is 10.3 Å². The van der Waals surface area contributed by atoms with Crippen LogP contribution in [0.4, 0.5) is 5.69 Å². The van der Waals surface area contributed by atoms with Gasteiger partial charge in [-0.05, 0) is 24.6 Å². The molecule has 0 saturated heterocycles. The van der Waals surface area contributed by atoms with E-state index in [1.807, 2.05) is 0 Å². The highest BCUT2D eigenvalue weighted by Gasteiger charge is 2.41. The maximum Gasteiger partial charge on any atom is 0.340 e. The third kappa shape index (κ3) is 2.79. The lowest BCUT2D eigenvalue weighted by atomic mass is 10.0. The molecule has 0 atom stereocenters. The van der Waals surface area contributed by atoms with E-state index in [1.165, 1.54) is 25.3 Å². The highest BCUT2D eigenvalue weighted by atomic mass is 16.6. The van der Waals surface area contributed by atoms with E-state index in [1.54, 1.807) is 31.2 Å². The number of nitrogens with zero attached hydrogens (tertiary/aromatic N) is 3. The molecule has 1 aliphatic heterocycles. The van der Waals surface area contributed by atoms with Crippen molar-refractivity contribution in [2.24, 2.45) is 0 Å². The van der Waals surface area contributed by atoms with E-state index in [2.05, 4.69) is 4.98 Å². The molecule has 0 fully saturated rings. The minimum Gasteiger partial charge on any atom is -0.465 e. The number of rotatable bonds is 4. The summed E-state index contributed by atoms with van der Waals surface area (Å²) in [4.78, 5) is 54.1. The van der Waals surface area contributed by atoms with Gasteiger partial charge in [0.15, 0.2) is 0 Å². The molecule has 2 amide bonds. The maximum absolute atomic E-state index is 12.9. The Kier molecular flexibility index (Phi) is 4.50. The zero-order valence-electron chi connectivity index (χ0n) is 16.0. The Bertz CT molecular complexity index is 1270. The number of imide groups is 1. The second kappa shape index (κ2) is 7.03. The number of amides is 2. The van der Waals surface area contributed by atoms with Gasteiger partial charge in [-0.1, -0.05) is 24.3 Å². The summed E-state index contributed by atoms with van der Waals surface area (Å²) < 4.78 is 4.88. The number of benzene rings is 2. The second-order valence-corrected chi connectivity index (χ2v) is 6.72. The van der Waals surface area contributed by atoms with Gasteiger partial charge in [-0.25, -0.2) is 9.78 Å². The number of nitro benzene ring substituents is 1. The lowest BCUT2D eigenvalue weighted by Gasteiger charge is -2.18. The number of carbonyl (C=O) groups excluding carboxylic acids is 3. The van der Waals surface area contributed by atoms with Gasteiger partial charge in [0.1, 0.15) is 5.56 Å². The first-order valence-corrected chi connectivity index (χ1v) is 8.95. The summed E-state index contributed by atoms with van der Waals surface area (Å²) in [6.07, 6.45) is 0. The van der Waals surface area contributed by atoms with Crippen LogP contribution in [0, 0.1) is 17.0 Å². The van der Waals surface area contributed by atoms with Gasteiger partial charge in [-0.2, -0.15) is 0 Å². The lowest BCUT2D eigenvalue weighted by molar-refractivity contribution is -0.385. The van der Waals surface area contributed by atoms with E-state index in [-0.39, 0.29) is 28.9 Å². The largest absolute Gasteiger partial charge is 0.465 e. The van der Waals surface area contributed by atoms with Gasteiger partial charge in [0.2, 0.25) is 0 Å². The first-order valence-electron chi connectivity index (χ1n) is 8.95. The Labute approximate surface area is 170 Å². The van der Waals surface area contributed by atoms with Gasteiger partial charge in [0, 0.05) is 11.5 Å². The average molecular weight is 405 g/mol. The van der Waals surface area contributed by atoms with Crippen LogP contribution in [-0.4, -0.2) is 39.7 Å². The van der Waals surface area contributed by atoms with Crippen LogP contribution in [0.1, 0.15) is 42.3 Å². The fourth-order valence-corrected chi connectivity index (χ4v) is 3.69. The van der Waals surface area contributed by atoms with Crippen molar-refractivity contribution >= 4 is 34.4 Å². The number of aromatic nitrogens is 1. The van der Waals surface area contributed by atoms with Crippen LogP contribution in [0.3, 0.4) is 0 Å². The number of aryl methyl sites for hydroxylation is 1. The SMILES string of the molecule is COC(=O)c1c(CN2C(=O)c3cccc([N+](=O)[O-])c3C2=O)nc2ccccc2c1C. The molecule has 0 spiro atoms. The van der Waals surface area contributed by atoms with Crippen LogP contribution in [0.2, 0.25) is 0 Å². The molecule has 0 aliphatic carbocycles. The molecule has 3 aromatic rings. The van der Waals surface area contributed by atoms with E-state index in [0.29, 0.717) is 11.1 Å². The van der Waals surface area contributed by atoms with E-state index < -0.39 is 28.4 Å². The minimum absolute atomic E-state index is 0.0497. The molecular formula is C21H15N3O6. The average Bonchev–Trinajstić information content (AvgIpc) is 2.98. The normalized spacial score (nSPS) is 12.9. The number of esters is 1. The summed E-state index contributed by atoms with van der Waals surface area (Å²) >= 11 is 0. The Morgan fingerprint density at radius 1 is 1.13 bits per heavy atom. The van der Waals surface area contributed by atoms with E-state index in [4.69, 9.17) is 4.74 Å². The summed E-state index contributed by atoms with van der Waals surface area (Å²) in [5, 5.41) is 12.0. The zero-order valence-corrected chi connectivity index (χ0v) is 16.0. The summed E-state index contributed by atoms with van der Waals surface area (Å²) in [5.41, 5.74) is 0.767. The first kappa shape index (κ1) is 19.2. The third-order valence-corrected chi connectivity index (χ3v) is 5.10. The van der Waals surface area contributed by atoms with Gasteiger partial charge >= 0.3 is 5.97 Å². The summed E-state index contributed by atoms with van der Waals surface area (Å²) in [6.45, 7) is 1.41. The quantitative estimate of drug-likeness (QED) is 0.283. The molecule has 2 aromatic carbocycles. The van der Waals surface area contributed by atoms with Gasteiger partial charge in [-0.3, -0.25) is 24.6 Å². The summed E-state index contributed by atoms with van der Waals surface area (Å²) in [6, 6.07) is 11.0. The molecule has 150 valence electrons. The molecule has 0 radical (unpaired) electrons. The maximum atomic E-state index is 12.9. The Morgan fingerprint density at radius 3 is 2.57 bits per heavy atom. The Morgan fingerprint density at radius 2 is 1.87 bits per heavy atom. The van der Waals surface area contributed by atoms with Crippen LogP contribution in [-0.2, 0) is 11.3 Å². The van der Waals surface area contributed by atoms with Crippen molar-refractivity contribution in [3.63, 3.8) is 0 Å². The van der Waals surface area contributed by atoms with Crippen molar-refractivity contribution in [1.29, 1.82) is 0 Å².